The van der Waals surface area contributed by atoms with E-state index in [1.807, 2.05) is 0 Å². The van der Waals surface area contributed by atoms with Crippen LogP contribution in [0.4, 0.5) is 0 Å². The minimum Gasteiger partial charge on any atom is -0.305 e. The number of benzene rings is 5. The van der Waals surface area contributed by atoms with E-state index in [4.69, 9.17) is 0 Å². The Balaban J connectivity index is 1.46. The molecule has 5 rings (SSSR count). The molecule has 0 aliphatic rings. The van der Waals surface area contributed by atoms with E-state index in [0.29, 0.717) is 0 Å². The molecule has 0 saturated carbocycles. The number of hydrogen-bond donors (Lipinski definition) is 1. The second kappa shape index (κ2) is 12.8. The van der Waals surface area contributed by atoms with Gasteiger partial charge in [0.05, 0.1) is 5.78 Å². The second-order valence-corrected chi connectivity index (χ2v) is 13.3. The molecule has 0 aliphatic carbocycles. The van der Waals surface area contributed by atoms with Gasteiger partial charge in [-0.2, -0.15) is 0 Å². The van der Waals surface area contributed by atoms with Crippen LogP contribution in [-0.2, 0) is 0 Å². The zero-order chi connectivity index (χ0) is 24.4. The van der Waals surface area contributed by atoms with Crippen LogP contribution in [0.2, 0.25) is 0 Å². The van der Waals surface area contributed by atoms with Crippen LogP contribution >= 0.6 is 15.8 Å². The second-order valence-electron chi connectivity index (χ2n) is 8.63. The zero-order valence-corrected chi connectivity index (χ0v) is 22.1. The van der Waals surface area contributed by atoms with Crippen molar-refractivity contribution in [3.63, 3.8) is 0 Å². The van der Waals surface area contributed by atoms with Gasteiger partial charge in [0.15, 0.2) is 0 Å². The summed E-state index contributed by atoms with van der Waals surface area (Å²) in [5, 5.41) is 9.71. The summed E-state index contributed by atoms with van der Waals surface area (Å²) in [5.41, 5.74) is 1.35. The molecule has 178 valence electrons. The summed E-state index contributed by atoms with van der Waals surface area (Å²) in [6.07, 6.45) is 1.10. The lowest BCUT2D eigenvalue weighted by molar-refractivity contribution is 0.708. The Morgan fingerprint density at radius 1 is 0.444 bits per heavy atom. The van der Waals surface area contributed by atoms with Crippen molar-refractivity contribution in [2.45, 2.75) is 5.78 Å². The highest BCUT2D eigenvalue weighted by atomic mass is 31.1. The van der Waals surface area contributed by atoms with Gasteiger partial charge >= 0.3 is 0 Å². The highest BCUT2D eigenvalue weighted by Crippen LogP contribution is 2.47. The Morgan fingerprint density at radius 2 is 0.806 bits per heavy atom. The predicted molar refractivity (Wildman–Crippen MR) is 160 cm³/mol. The molecule has 0 spiro atoms. The third-order valence-electron chi connectivity index (χ3n) is 6.25. The average molecular weight is 504 g/mol. The van der Waals surface area contributed by atoms with Gasteiger partial charge in [-0.15, -0.1) is 0 Å². The Bertz CT molecular complexity index is 1220. The highest BCUT2D eigenvalue weighted by Gasteiger charge is 2.26. The lowest BCUT2D eigenvalue weighted by Crippen LogP contribution is -2.30. The standard InChI is InChI=1S/C33H31NP2/c1-6-16-28(17-7-1)33(36(31-22-12-4-13-23-31)32-24-14-5-15-25-32)34-26-27-35(29-18-8-2-9-19-29)30-20-10-3-11-21-30/h1-25,33-34H,26-27H2. The maximum absolute atomic E-state index is 4.05. The minimum atomic E-state index is -0.634. The van der Waals surface area contributed by atoms with E-state index in [0.717, 1.165) is 12.7 Å². The first kappa shape index (κ1) is 24.6. The molecule has 1 N–H and O–H groups in total. The maximum atomic E-state index is 4.05. The Morgan fingerprint density at radius 3 is 1.22 bits per heavy atom. The van der Waals surface area contributed by atoms with E-state index in [1.54, 1.807) is 0 Å². The molecule has 5 aromatic carbocycles. The third kappa shape index (κ3) is 6.18. The molecule has 3 heteroatoms. The number of nitrogens with one attached hydrogen (secondary N) is 1. The summed E-state index contributed by atoms with van der Waals surface area (Å²) >= 11 is 0. The van der Waals surface area contributed by atoms with E-state index in [-0.39, 0.29) is 5.78 Å². The van der Waals surface area contributed by atoms with Crippen LogP contribution in [0.15, 0.2) is 152 Å². The van der Waals surface area contributed by atoms with Gasteiger partial charge in [-0.1, -0.05) is 152 Å². The largest absolute Gasteiger partial charge is 0.305 e. The SMILES string of the molecule is c1ccc(C(NCCP(c2ccccc2)c2ccccc2)P(c2ccccc2)c2ccccc2)cc1. The molecule has 0 heterocycles. The first-order valence-electron chi connectivity index (χ1n) is 12.5. The highest BCUT2D eigenvalue weighted by molar-refractivity contribution is 7.73. The van der Waals surface area contributed by atoms with Crippen molar-refractivity contribution < 1.29 is 0 Å². The summed E-state index contributed by atoms with van der Waals surface area (Å²) in [5.74, 6) is 0.231. The quantitative estimate of drug-likeness (QED) is 0.213. The molecule has 0 radical (unpaired) electrons. The fourth-order valence-corrected chi connectivity index (χ4v) is 9.45. The fraction of sp³-hybridized carbons (Fsp3) is 0.0909. The lowest BCUT2D eigenvalue weighted by Gasteiger charge is -2.31. The van der Waals surface area contributed by atoms with Crippen LogP contribution in [0.3, 0.4) is 0 Å². The van der Waals surface area contributed by atoms with Gasteiger partial charge in [-0.05, 0) is 48.8 Å². The zero-order valence-electron chi connectivity index (χ0n) is 20.3. The van der Waals surface area contributed by atoms with Crippen molar-refractivity contribution in [1.29, 1.82) is 0 Å². The van der Waals surface area contributed by atoms with E-state index in [2.05, 4.69) is 157 Å². The molecule has 0 saturated heterocycles. The van der Waals surface area contributed by atoms with Gasteiger partial charge in [0.2, 0.25) is 0 Å². The summed E-state index contributed by atoms with van der Waals surface area (Å²) in [6, 6.07) is 55.0. The van der Waals surface area contributed by atoms with Crippen molar-refractivity contribution in [1.82, 2.24) is 5.32 Å². The summed E-state index contributed by atoms with van der Waals surface area (Å²) < 4.78 is 0. The van der Waals surface area contributed by atoms with E-state index < -0.39 is 15.8 Å². The predicted octanol–water partition coefficient (Wildman–Crippen LogP) is 6.54. The van der Waals surface area contributed by atoms with Gasteiger partial charge in [0, 0.05) is 6.54 Å². The number of hydrogen-bond acceptors (Lipinski definition) is 1. The molecular weight excluding hydrogens is 472 g/mol. The average Bonchev–Trinajstić information content (AvgIpc) is 2.97. The topological polar surface area (TPSA) is 12.0 Å². The normalized spacial score (nSPS) is 12.1. The molecule has 1 nitrogen and oxygen atoms in total. The van der Waals surface area contributed by atoms with E-state index >= 15 is 0 Å². The van der Waals surface area contributed by atoms with Crippen LogP contribution < -0.4 is 26.5 Å². The summed E-state index contributed by atoms with van der Waals surface area (Å²) in [6.45, 7) is 0.952. The van der Waals surface area contributed by atoms with Gasteiger partial charge in [-0.25, -0.2) is 0 Å². The fourth-order valence-electron chi connectivity index (χ4n) is 4.55. The molecule has 0 bridgehead atoms. The maximum Gasteiger partial charge on any atom is 0.0605 e. The minimum absolute atomic E-state index is 0.231. The summed E-state index contributed by atoms with van der Waals surface area (Å²) in [4.78, 5) is 0. The van der Waals surface area contributed by atoms with Crippen molar-refractivity contribution in [3.8, 4) is 0 Å². The Hall–Kier alpha value is -3.08. The Labute approximate surface area is 217 Å². The van der Waals surface area contributed by atoms with Crippen LogP contribution in [0.25, 0.3) is 0 Å². The van der Waals surface area contributed by atoms with Crippen LogP contribution in [-0.4, -0.2) is 12.7 Å². The molecule has 0 fully saturated rings. The van der Waals surface area contributed by atoms with Crippen LogP contribution in [0.1, 0.15) is 11.3 Å². The van der Waals surface area contributed by atoms with E-state index in [1.165, 1.54) is 26.8 Å². The molecule has 36 heavy (non-hydrogen) atoms. The Kier molecular flexibility index (Phi) is 8.72. The van der Waals surface area contributed by atoms with E-state index in [9.17, 15) is 0 Å². The molecular formula is C33H31NP2. The van der Waals surface area contributed by atoms with Gasteiger partial charge in [0.25, 0.3) is 0 Å². The van der Waals surface area contributed by atoms with Gasteiger partial charge in [-0.3, -0.25) is 0 Å². The summed E-state index contributed by atoms with van der Waals surface area (Å²) in [7, 11) is -1.07. The molecule has 1 unspecified atom stereocenters. The monoisotopic (exact) mass is 503 g/mol. The first-order chi connectivity index (χ1) is 17.9. The molecule has 0 aliphatic heterocycles. The smallest absolute Gasteiger partial charge is 0.0605 e. The van der Waals surface area contributed by atoms with Crippen molar-refractivity contribution >= 4 is 37.1 Å². The van der Waals surface area contributed by atoms with Crippen molar-refractivity contribution in [2.75, 3.05) is 12.7 Å². The molecule has 1 atom stereocenters. The van der Waals surface area contributed by atoms with Crippen molar-refractivity contribution in [3.05, 3.63) is 157 Å². The number of rotatable bonds is 10. The van der Waals surface area contributed by atoms with Gasteiger partial charge in [0.1, 0.15) is 0 Å². The van der Waals surface area contributed by atoms with Crippen LogP contribution in [0.5, 0.6) is 0 Å². The molecule has 0 aromatic heterocycles. The van der Waals surface area contributed by atoms with Crippen molar-refractivity contribution in [2.24, 2.45) is 0 Å². The lowest BCUT2D eigenvalue weighted by atomic mass is 10.2. The third-order valence-corrected chi connectivity index (χ3v) is 11.5. The first-order valence-corrected chi connectivity index (χ1v) is 15.4. The molecule has 0 amide bonds. The molecule has 5 aromatic rings. The van der Waals surface area contributed by atoms with Crippen LogP contribution in [0, 0.1) is 0 Å². The van der Waals surface area contributed by atoms with Gasteiger partial charge < -0.3 is 5.32 Å².